The number of aryl methyl sites for hydroxylation is 1. The molecule has 0 aliphatic heterocycles. The van der Waals surface area contributed by atoms with E-state index in [1.807, 2.05) is 48.5 Å². The first-order chi connectivity index (χ1) is 13.0. The number of halogens is 1. The normalized spacial score (nSPS) is 12.0. The van der Waals surface area contributed by atoms with Crippen molar-refractivity contribution in [1.82, 2.24) is 10.3 Å². The highest BCUT2D eigenvalue weighted by molar-refractivity contribution is 7.91. The number of aromatic nitrogens is 1. The summed E-state index contributed by atoms with van der Waals surface area (Å²) in [4.78, 5) is 16.5. The number of carbonyl (C=O) groups is 1. The Kier molecular flexibility index (Phi) is 6.55. The van der Waals surface area contributed by atoms with Crippen molar-refractivity contribution in [3.63, 3.8) is 0 Å². The van der Waals surface area contributed by atoms with Gasteiger partial charge >= 0.3 is 0 Å². The predicted octanol–water partition coefficient (Wildman–Crippen LogP) is 3.87. The Hall–Kier alpha value is -2.28. The molecule has 0 aliphatic rings. The van der Waals surface area contributed by atoms with Crippen LogP contribution >= 0.6 is 11.6 Å². The molecule has 0 aliphatic carbocycles. The number of hydrogen-bond donors (Lipinski definition) is 1. The zero-order valence-electron chi connectivity index (χ0n) is 14.8. The van der Waals surface area contributed by atoms with Crippen LogP contribution in [-0.2, 0) is 28.3 Å². The summed E-state index contributed by atoms with van der Waals surface area (Å²) < 4.78 is 18.0. The van der Waals surface area contributed by atoms with Gasteiger partial charge in [-0.05, 0) is 41.9 Å². The molecular weight excluding hydrogens is 384 g/mol. The lowest BCUT2D eigenvalue weighted by molar-refractivity contribution is -0.118. The van der Waals surface area contributed by atoms with Gasteiger partial charge in [0.05, 0.1) is 0 Å². The van der Waals surface area contributed by atoms with E-state index in [2.05, 4.69) is 10.3 Å². The van der Waals surface area contributed by atoms with Gasteiger partial charge in [-0.1, -0.05) is 48.0 Å². The fourth-order valence-corrected chi connectivity index (χ4v) is 3.77. The molecule has 1 aromatic heterocycles. The maximum absolute atomic E-state index is 12.3. The lowest BCUT2D eigenvalue weighted by Gasteiger charge is -2.10. The van der Waals surface area contributed by atoms with E-state index in [4.69, 9.17) is 16.0 Å². The third-order valence-electron chi connectivity index (χ3n) is 3.94. The molecule has 0 saturated carbocycles. The molecule has 7 heteroatoms. The van der Waals surface area contributed by atoms with Crippen molar-refractivity contribution in [2.45, 2.75) is 19.2 Å². The number of oxazole rings is 1. The minimum absolute atomic E-state index is 0.0998. The van der Waals surface area contributed by atoms with Crippen LogP contribution in [0.5, 0.6) is 0 Å². The predicted molar refractivity (Wildman–Crippen MR) is 107 cm³/mol. The SMILES string of the molecule is Cc1oc(-c2ccccc2)nc1C[S+]([O-])CC(=O)NCc1ccccc1Cl. The fourth-order valence-electron chi connectivity index (χ4n) is 2.50. The number of rotatable bonds is 7. The molecule has 0 saturated heterocycles. The molecule has 3 aromatic rings. The third-order valence-corrected chi connectivity index (χ3v) is 5.49. The second-order valence-electron chi connectivity index (χ2n) is 5.98. The van der Waals surface area contributed by atoms with Crippen LogP contribution in [0.4, 0.5) is 0 Å². The van der Waals surface area contributed by atoms with Crippen LogP contribution in [0.2, 0.25) is 5.02 Å². The first kappa shape index (κ1) is 19.5. The molecule has 1 heterocycles. The molecule has 140 valence electrons. The summed E-state index contributed by atoms with van der Waals surface area (Å²) in [7, 11) is 0. The van der Waals surface area contributed by atoms with Crippen molar-refractivity contribution in [1.29, 1.82) is 0 Å². The van der Waals surface area contributed by atoms with Gasteiger partial charge in [0.25, 0.3) is 5.91 Å². The van der Waals surface area contributed by atoms with Gasteiger partial charge in [0.15, 0.2) is 11.5 Å². The summed E-state index contributed by atoms with van der Waals surface area (Å²) in [6, 6.07) is 16.8. The molecule has 0 radical (unpaired) electrons. The Bertz CT molecular complexity index is 915. The standard InChI is InChI=1S/C20H19ClN2O3S/c1-14-18(23-20(26-14)15-7-3-2-4-8-15)12-27(25)13-19(24)22-11-16-9-5-6-10-17(16)21/h2-10H,11-13H2,1H3,(H,22,24). The second-order valence-corrected chi connectivity index (χ2v) is 7.85. The second kappa shape index (κ2) is 9.08. The van der Waals surface area contributed by atoms with E-state index in [0.29, 0.717) is 28.9 Å². The monoisotopic (exact) mass is 402 g/mol. The lowest BCUT2D eigenvalue weighted by Crippen LogP contribution is -2.30. The molecule has 1 N–H and O–H groups in total. The molecular formula is C20H19ClN2O3S. The van der Waals surface area contributed by atoms with Crippen molar-refractivity contribution in [3.05, 3.63) is 76.6 Å². The molecule has 0 fully saturated rings. The number of carbonyl (C=O) groups excluding carboxylic acids is 1. The van der Waals surface area contributed by atoms with Crippen LogP contribution in [0, 0.1) is 6.92 Å². The number of amides is 1. The van der Waals surface area contributed by atoms with Crippen molar-refractivity contribution >= 4 is 28.7 Å². The van der Waals surface area contributed by atoms with Crippen LogP contribution in [0.1, 0.15) is 17.0 Å². The zero-order valence-corrected chi connectivity index (χ0v) is 16.3. The van der Waals surface area contributed by atoms with E-state index in [-0.39, 0.29) is 17.4 Å². The molecule has 1 amide bonds. The smallest absolute Gasteiger partial charge is 0.270 e. The summed E-state index contributed by atoms with van der Waals surface area (Å²) in [5, 5.41) is 3.33. The molecule has 5 nitrogen and oxygen atoms in total. The van der Waals surface area contributed by atoms with Crippen LogP contribution in [0.25, 0.3) is 11.5 Å². The maximum atomic E-state index is 12.3. The van der Waals surface area contributed by atoms with E-state index in [9.17, 15) is 9.35 Å². The van der Waals surface area contributed by atoms with Gasteiger partial charge < -0.3 is 14.3 Å². The van der Waals surface area contributed by atoms with Crippen LogP contribution in [0.3, 0.4) is 0 Å². The highest BCUT2D eigenvalue weighted by Crippen LogP contribution is 2.22. The Morgan fingerprint density at radius 3 is 2.63 bits per heavy atom. The molecule has 3 rings (SSSR count). The van der Waals surface area contributed by atoms with Crippen LogP contribution in [-0.4, -0.2) is 21.2 Å². The number of hydrogen-bond acceptors (Lipinski definition) is 4. The molecule has 1 unspecified atom stereocenters. The van der Waals surface area contributed by atoms with Gasteiger partial charge in [0.1, 0.15) is 11.5 Å². The van der Waals surface area contributed by atoms with Gasteiger partial charge in [-0.25, -0.2) is 4.98 Å². The summed E-state index contributed by atoms with van der Waals surface area (Å²) in [5.41, 5.74) is 2.28. The summed E-state index contributed by atoms with van der Waals surface area (Å²) >= 11 is 4.68. The topological polar surface area (TPSA) is 78.2 Å². The molecule has 0 bridgehead atoms. The molecule has 2 aromatic carbocycles. The molecule has 27 heavy (non-hydrogen) atoms. The highest BCUT2D eigenvalue weighted by atomic mass is 35.5. The summed E-state index contributed by atoms with van der Waals surface area (Å²) in [6.45, 7) is 2.08. The van der Waals surface area contributed by atoms with Gasteiger partial charge in [-0.15, -0.1) is 0 Å². The Balaban J connectivity index is 1.54. The third kappa shape index (κ3) is 5.35. The summed E-state index contributed by atoms with van der Waals surface area (Å²) in [5.74, 6) is 0.874. The maximum Gasteiger partial charge on any atom is 0.270 e. The lowest BCUT2D eigenvalue weighted by atomic mass is 10.2. The minimum Gasteiger partial charge on any atom is -0.616 e. The number of nitrogens with zero attached hydrogens (tertiary/aromatic N) is 1. The Morgan fingerprint density at radius 2 is 1.89 bits per heavy atom. The average molecular weight is 403 g/mol. The van der Waals surface area contributed by atoms with Crippen molar-refractivity contribution in [2.24, 2.45) is 0 Å². The van der Waals surface area contributed by atoms with E-state index in [0.717, 1.165) is 11.1 Å². The summed E-state index contributed by atoms with van der Waals surface area (Å²) in [6.07, 6.45) is 0. The van der Waals surface area contributed by atoms with Crippen LogP contribution < -0.4 is 5.32 Å². The fraction of sp³-hybridized carbons (Fsp3) is 0.200. The van der Waals surface area contributed by atoms with E-state index in [1.165, 1.54) is 0 Å². The first-order valence-corrected chi connectivity index (χ1v) is 10.3. The van der Waals surface area contributed by atoms with Gasteiger partial charge in [0.2, 0.25) is 5.89 Å². The average Bonchev–Trinajstić information content (AvgIpc) is 3.02. The molecule has 1 atom stereocenters. The van der Waals surface area contributed by atoms with Gasteiger partial charge in [-0.3, -0.25) is 4.79 Å². The van der Waals surface area contributed by atoms with E-state index in [1.54, 1.807) is 13.0 Å². The largest absolute Gasteiger partial charge is 0.616 e. The zero-order chi connectivity index (χ0) is 19.2. The van der Waals surface area contributed by atoms with Crippen LogP contribution in [0.15, 0.2) is 59.0 Å². The van der Waals surface area contributed by atoms with Crippen molar-refractivity contribution < 1.29 is 13.8 Å². The Morgan fingerprint density at radius 1 is 1.19 bits per heavy atom. The number of benzene rings is 2. The van der Waals surface area contributed by atoms with Crippen molar-refractivity contribution in [2.75, 3.05) is 5.75 Å². The van der Waals surface area contributed by atoms with E-state index >= 15 is 0 Å². The van der Waals surface area contributed by atoms with Gasteiger partial charge in [-0.2, -0.15) is 0 Å². The first-order valence-electron chi connectivity index (χ1n) is 8.39. The quantitative estimate of drug-likeness (QED) is 0.608. The van der Waals surface area contributed by atoms with Gasteiger partial charge in [0, 0.05) is 17.1 Å². The minimum atomic E-state index is -1.39. The molecule has 0 spiro atoms. The van der Waals surface area contributed by atoms with Crippen molar-refractivity contribution in [3.8, 4) is 11.5 Å². The highest BCUT2D eigenvalue weighted by Gasteiger charge is 2.20. The van der Waals surface area contributed by atoms with E-state index < -0.39 is 11.2 Å². The number of nitrogens with one attached hydrogen (secondary N) is 1. The Labute approximate surface area is 165 Å².